The Kier molecular flexibility index (Phi) is 7.94. The van der Waals surface area contributed by atoms with Gasteiger partial charge in [0.25, 0.3) is 0 Å². The predicted octanol–water partition coefficient (Wildman–Crippen LogP) is 2.08. The van der Waals surface area contributed by atoms with Gasteiger partial charge in [0.1, 0.15) is 0 Å². The molecular weight excluding hydrogens is 629 g/mol. The summed E-state index contributed by atoms with van der Waals surface area (Å²) in [6.07, 6.45) is 1.60. The highest BCUT2D eigenvalue weighted by atomic mass is 32.2. The molecule has 0 amide bonds. The molecule has 14 nitrogen and oxygen atoms in total. The topological polar surface area (TPSA) is 207 Å². The molecule has 2 atom stereocenters. The SMILES string of the molecule is CS(=O)(=O)c1nc2c(nc1S(C)(=O)=O)N(c1ccccc1)c1nc(CS(=O)[O-])c(CS(=O)[O-])nc1N2c1ccccc1. The van der Waals surface area contributed by atoms with Crippen LogP contribution >= 0.6 is 0 Å². The predicted molar refractivity (Wildman–Crippen MR) is 152 cm³/mol. The maximum atomic E-state index is 12.8. The maximum Gasteiger partial charge on any atom is 0.195 e. The molecule has 2 aromatic heterocycles. The van der Waals surface area contributed by atoms with E-state index in [-0.39, 0.29) is 34.7 Å². The molecule has 0 saturated heterocycles. The Labute approximate surface area is 245 Å². The van der Waals surface area contributed by atoms with Crippen LogP contribution in [0.4, 0.5) is 34.6 Å². The van der Waals surface area contributed by atoms with E-state index >= 15 is 0 Å². The number of benzene rings is 2. The average molecular weight is 649 g/mol. The summed E-state index contributed by atoms with van der Waals surface area (Å²) >= 11 is -5.35. The molecule has 4 aromatic rings. The Morgan fingerprint density at radius 3 is 1.19 bits per heavy atom. The minimum atomic E-state index is -4.24. The van der Waals surface area contributed by atoms with Crippen LogP contribution in [0.15, 0.2) is 70.7 Å². The number of hydrogen-bond acceptors (Lipinski definition) is 14. The molecule has 0 N–H and O–H groups in total. The molecule has 1 aliphatic rings. The second-order valence-corrected chi connectivity index (χ2v) is 14.7. The van der Waals surface area contributed by atoms with E-state index in [1.54, 1.807) is 60.7 Å². The fraction of sp³-hybridized carbons (Fsp3) is 0.167. The van der Waals surface area contributed by atoms with E-state index in [1.165, 1.54) is 9.80 Å². The van der Waals surface area contributed by atoms with Crippen molar-refractivity contribution in [1.82, 2.24) is 19.9 Å². The monoisotopic (exact) mass is 648 g/mol. The molecule has 5 rings (SSSR count). The Bertz CT molecular complexity index is 1820. The number of aromatic nitrogens is 4. The summed E-state index contributed by atoms with van der Waals surface area (Å²) < 4.78 is 98.0. The first-order chi connectivity index (χ1) is 19.8. The van der Waals surface area contributed by atoms with Gasteiger partial charge in [-0.3, -0.25) is 18.2 Å². The average Bonchev–Trinajstić information content (AvgIpc) is 2.91. The fourth-order valence-electron chi connectivity index (χ4n) is 4.25. The second kappa shape index (κ2) is 11.2. The molecule has 0 fully saturated rings. The third-order valence-electron chi connectivity index (χ3n) is 5.90. The van der Waals surface area contributed by atoms with Gasteiger partial charge in [-0.25, -0.2) is 36.8 Å². The van der Waals surface area contributed by atoms with Crippen molar-refractivity contribution in [1.29, 1.82) is 0 Å². The van der Waals surface area contributed by atoms with E-state index in [9.17, 15) is 34.4 Å². The van der Waals surface area contributed by atoms with Crippen LogP contribution in [-0.4, -0.2) is 66.8 Å². The summed E-state index contributed by atoms with van der Waals surface area (Å²) in [6.45, 7) is 0. The third-order valence-corrected chi connectivity index (χ3v) is 9.02. The summed E-state index contributed by atoms with van der Waals surface area (Å²) in [5.74, 6) is -1.68. The molecule has 2 aromatic carbocycles. The van der Waals surface area contributed by atoms with Gasteiger partial charge < -0.3 is 9.11 Å². The van der Waals surface area contributed by atoms with Gasteiger partial charge in [0, 0.05) is 23.9 Å². The Morgan fingerprint density at radius 1 is 0.595 bits per heavy atom. The van der Waals surface area contributed by atoms with Crippen molar-refractivity contribution in [3.8, 4) is 0 Å². The summed E-state index contributed by atoms with van der Waals surface area (Å²) in [5, 5.41) is -1.60. The third kappa shape index (κ3) is 5.81. The highest BCUT2D eigenvalue weighted by molar-refractivity contribution is 7.93. The number of anilines is 6. The largest absolute Gasteiger partial charge is 0.772 e. The van der Waals surface area contributed by atoms with Crippen LogP contribution in [0.5, 0.6) is 0 Å². The lowest BCUT2D eigenvalue weighted by atomic mass is 10.2. The van der Waals surface area contributed by atoms with Crippen molar-refractivity contribution in [3.63, 3.8) is 0 Å². The second-order valence-electron chi connectivity index (χ2n) is 9.03. The molecule has 2 unspecified atom stereocenters. The number of fused-ring (bicyclic) bond motifs is 2. The number of para-hydroxylation sites is 2. The summed E-state index contributed by atoms with van der Waals surface area (Å²) in [4.78, 5) is 20.4. The van der Waals surface area contributed by atoms with Crippen molar-refractivity contribution in [2.45, 2.75) is 21.6 Å². The van der Waals surface area contributed by atoms with Crippen molar-refractivity contribution >= 4 is 76.5 Å². The van der Waals surface area contributed by atoms with E-state index in [4.69, 9.17) is 0 Å². The molecular formula is C24H20N6O8S4-2. The molecule has 3 heterocycles. The van der Waals surface area contributed by atoms with Gasteiger partial charge in [-0.15, -0.1) is 0 Å². The molecule has 220 valence electrons. The molecule has 42 heavy (non-hydrogen) atoms. The summed E-state index contributed by atoms with van der Waals surface area (Å²) in [5.41, 5.74) is 0.426. The van der Waals surface area contributed by atoms with Gasteiger partial charge in [0.05, 0.1) is 22.9 Å². The highest BCUT2D eigenvalue weighted by Gasteiger charge is 2.39. The van der Waals surface area contributed by atoms with Gasteiger partial charge in [-0.1, -0.05) is 36.4 Å². The van der Waals surface area contributed by atoms with Gasteiger partial charge in [-0.2, -0.15) is 0 Å². The molecule has 18 heteroatoms. The van der Waals surface area contributed by atoms with E-state index in [1.807, 2.05) is 0 Å². The van der Waals surface area contributed by atoms with Gasteiger partial charge in [-0.05, 0) is 46.4 Å². The zero-order valence-corrected chi connectivity index (χ0v) is 25.0. The lowest BCUT2D eigenvalue weighted by molar-refractivity contribution is 0.531. The Balaban J connectivity index is 1.97. The first-order valence-electron chi connectivity index (χ1n) is 11.8. The molecule has 0 saturated carbocycles. The van der Waals surface area contributed by atoms with Gasteiger partial charge in [0.15, 0.2) is 53.0 Å². The summed E-state index contributed by atoms with van der Waals surface area (Å²) in [7, 11) is -8.49. The van der Waals surface area contributed by atoms with Crippen molar-refractivity contribution in [2.24, 2.45) is 0 Å². The minimum Gasteiger partial charge on any atom is -0.772 e. The van der Waals surface area contributed by atoms with E-state index in [2.05, 4.69) is 19.9 Å². The van der Waals surface area contributed by atoms with E-state index in [0.717, 1.165) is 12.5 Å². The van der Waals surface area contributed by atoms with Crippen LogP contribution in [0.2, 0.25) is 0 Å². The minimum absolute atomic E-state index is 0.0284. The Hall–Kier alpha value is -3.68. The number of nitrogens with zero attached hydrogens (tertiary/aromatic N) is 6. The standard InChI is InChI=1S/C24H22N6O8S4/c1-41(35,36)23-24(42(2,37)38)28-22-21(27-23)29(15-9-5-3-6-10-15)19-20(30(22)16-11-7-4-8-12-16)26-18(14-40(33)34)17(25-19)13-39(31)32/h3-12H,13-14H2,1-2H3,(H,31,32)(H,33,34)/p-2. The molecule has 0 spiro atoms. The van der Waals surface area contributed by atoms with E-state index < -0.39 is 63.4 Å². The van der Waals surface area contributed by atoms with E-state index in [0.29, 0.717) is 11.4 Å². The maximum absolute atomic E-state index is 12.8. The van der Waals surface area contributed by atoms with Crippen LogP contribution in [0.3, 0.4) is 0 Å². The van der Waals surface area contributed by atoms with Crippen molar-refractivity contribution < 1.29 is 34.4 Å². The number of rotatable bonds is 8. The molecule has 0 radical (unpaired) electrons. The smallest absolute Gasteiger partial charge is 0.195 e. The quantitative estimate of drug-likeness (QED) is 0.221. The zero-order chi connectivity index (χ0) is 30.4. The lowest BCUT2D eigenvalue weighted by Gasteiger charge is -2.37. The zero-order valence-electron chi connectivity index (χ0n) is 21.8. The first-order valence-corrected chi connectivity index (χ1v) is 18.1. The number of sulfone groups is 2. The van der Waals surface area contributed by atoms with Crippen LogP contribution in [0.1, 0.15) is 11.4 Å². The fourth-order valence-corrected chi connectivity index (χ4v) is 7.30. The normalized spacial score (nSPS) is 14.7. The van der Waals surface area contributed by atoms with Crippen LogP contribution in [0.25, 0.3) is 0 Å². The van der Waals surface area contributed by atoms with Crippen LogP contribution in [-0.2, 0) is 53.3 Å². The molecule has 0 bridgehead atoms. The number of hydrogen-bond donors (Lipinski definition) is 0. The van der Waals surface area contributed by atoms with Crippen molar-refractivity contribution in [2.75, 3.05) is 22.3 Å². The highest BCUT2D eigenvalue weighted by Crippen LogP contribution is 2.51. The Morgan fingerprint density at radius 2 is 0.905 bits per heavy atom. The van der Waals surface area contributed by atoms with Crippen molar-refractivity contribution in [3.05, 3.63) is 72.1 Å². The lowest BCUT2D eigenvalue weighted by Crippen LogP contribution is -2.31. The molecule has 1 aliphatic heterocycles. The van der Waals surface area contributed by atoms with Crippen LogP contribution < -0.4 is 9.80 Å². The van der Waals surface area contributed by atoms with Crippen LogP contribution in [0, 0.1) is 0 Å². The summed E-state index contributed by atoms with van der Waals surface area (Å²) in [6, 6.07) is 16.6. The molecule has 0 aliphatic carbocycles. The first kappa shape index (κ1) is 29.8. The van der Waals surface area contributed by atoms with Gasteiger partial charge >= 0.3 is 0 Å². The van der Waals surface area contributed by atoms with Gasteiger partial charge in [0.2, 0.25) is 0 Å².